The van der Waals surface area contributed by atoms with E-state index in [4.69, 9.17) is 4.99 Å². The molecule has 0 bridgehead atoms. The number of likely N-dealkylation sites (tertiary alicyclic amines) is 1. The SMILES string of the molecule is CCNC(=NCc1cccc(C(=O)N2CCCCC2)c1)NCc1ccccc1CC.I. The van der Waals surface area contributed by atoms with Crippen molar-refractivity contribution in [2.45, 2.75) is 52.6 Å². The first-order valence-corrected chi connectivity index (χ1v) is 11.2. The summed E-state index contributed by atoms with van der Waals surface area (Å²) in [5.74, 6) is 0.929. The highest BCUT2D eigenvalue weighted by Gasteiger charge is 2.18. The van der Waals surface area contributed by atoms with Gasteiger partial charge in [0.15, 0.2) is 5.96 Å². The van der Waals surface area contributed by atoms with Crippen LogP contribution in [-0.4, -0.2) is 36.4 Å². The summed E-state index contributed by atoms with van der Waals surface area (Å²) in [6.45, 7) is 8.05. The van der Waals surface area contributed by atoms with E-state index in [1.54, 1.807) is 0 Å². The molecule has 3 rings (SSSR count). The lowest BCUT2D eigenvalue weighted by Gasteiger charge is -2.26. The zero-order chi connectivity index (χ0) is 21.2. The zero-order valence-corrected chi connectivity index (χ0v) is 21.0. The lowest BCUT2D eigenvalue weighted by molar-refractivity contribution is 0.0724. The van der Waals surface area contributed by atoms with Crippen molar-refractivity contribution in [3.8, 4) is 0 Å². The molecule has 6 heteroatoms. The highest BCUT2D eigenvalue weighted by Crippen LogP contribution is 2.15. The maximum Gasteiger partial charge on any atom is 0.253 e. The summed E-state index contributed by atoms with van der Waals surface area (Å²) in [6.07, 6.45) is 4.45. The number of hydrogen-bond donors (Lipinski definition) is 2. The van der Waals surface area contributed by atoms with E-state index in [0.717, 1.165) is 62.5 Å². The van der Waals surface area contributed by atoms with Crippen LogP contribution in [0.4, 0.5) is 0 Å². The first-order chi connectivity index (χ1) is 14.7. The van der Waals surface area contributed by atoms with Crippen LogP contribution in [0.5, 0.6) is 0 Å². The molecule has 5 nitrogen and oxygen atoms in total. The van der Waals surface area contributed by atoms with Crippen molar-refractivity contribution in [2.24, 2.45) is 4.99 Å². The molecule has 1 heterocycles. The predicted molar refractivity (Wildman–Crippen MR) is 139 cm³/mol. The van der Waals surface area contributed by atoms with E-state index in [2.05, 4.69) is 48.7 Å². The fourth-order valence-electron chi connectivity index (χ4n) is 3.85. The van der Waals surface area contributed by atoms with Crippen LogP contribution in [0.15, 0.2) is 53.5 Å². The van der Waals surface area contributed by atoms with Gasteiger partial charge in [0, 0.05) is 31.7 Å². The lowest BCUT2D eigenvalue weighted by atomic mass is 10.1. The van der Waals surface area contributed by atoms with Gasteiger partial charge in [-0.25, -0.2) is 4.99 Å². The van der Waals surface area contributed by atoms with Crippen molar-refractivity contribution in [1.82, 2.24) is 15.5 Å². The average Bonchev–Trinajstić information content (AvgIpc) is 2.81. The van der Waals surface area contributed by atoms with E-state index in [1.165, 1.54) is 17.5 Å². The van der Waals surface area contributed by atoms with E-state index < -0.39 is 0 Å². The molecule has 1 fully saturated rings. The van der Waals surface area contributed by atoms with Gasteiger partial charge in [-0.3, -0.25) is 4.79 Å². The molecular weight excluding hydrogens is 499 g/mol. The second-order valence-electron chi connectivity index (χ2n) is 7.72. The Kier molecular flexibility index (Phi) is 10.8. The largest absolute Gasteiger partial charge is 0.357 e. The van der Waals surface area contributed by atoms with Gasteiger partial charge in [0.2, 0.25) is 0 Å². The number of piperidine rings is 1. The Morgan fingerprint density at radius 2 is 1.71 bits per heavy atom. The molecule has 1 aliphatic heterocycles. The molecule has 0 unspecified atom stereocenters. The second-order valence-corrected chi connectivity index (χ2v) is 7.72. The number of aliphatic imine (C=N–C) groups is 1. The summed E-state index contributed by atoms with van der Waals surface area (Å²) in [4.78, 5) is 19.5. The molecule has 1 amide bonds. The third-order valence-electron chi connectivity index (χ3n) is 5.53. The summed E-state index contributed by atoms with van der Waals surface area (Å²) >= 11 is 0. The van der Waals surface area contributed by atoms with Gasteiger partial charge in [-0.1, -0.05) is 43.3 Å². The molecule has 0 aliphatic carbocycles. The molecule has 0 spiro atoms. The van der Waals surface area contributed by atoms with Crippen molar-refractivity contribution < 1.29 is 4.79 Å². The van der Waals surface area contributed by atoms with Crippen LogP contribution in [0.1, 0.15) is 60.2 Å². The molecule has 2 aromatic carbocycles. The first kappa shape index (κ1) is 25.2. The van der Waals surface area contributed by atoms with Gasteiger partial charge >= 0.3 is 0 Å². The normalized spacial score (nSPS) is 14.0. The number of nitrogens with one attached hydrogen (secondary N) is 2. The average molecular weight is 534 g/mol. The minimum atomic E-state index is 0. The maximum absolute atomic E-state index is 12.8. The number of benzene rings is 2. The Labute approximate surface area is 203 Å². The summed E-state index contributed by atoms with van der Waals surface area (Å²) in [7, 11) is 0. The standard InChI is InChI=1S/C25H34N4O.HI/c1-3-21-12-6-7-13-23(21)19-28-25(26-4-2)27-18-20-11-10-14-22(17-20)24(30)29-15-8-5-9-16-29;/h6-7,10-14,17H,3-5,8-9,15-16,18-19H2,1-2H3,(H2,26,27,28);1H. The summed E-state index contributed by atoms with van der Waals surface area (Å²) < 4.78 is 0. The monoisotopic (exact) mass is 534 g/mol. The van der Waals surface area contributed by atoms with Crippen LogP contribution in [0.25, 0.3) is 0 Å². The molecule has 1 saturated heterocycles. The van der Waals surface area contributed by atoms with Crippen LogP contribution >= 0.6 is 24.0 Å². The number of amides is 1. The van der Waals surface area contributed by atoms with Crippen LogP contribution in [-0.2, 0) is 19.5 Å². The van der Waals surface area contributed by atoms with E-state index in [0.29, 0.717) is 6.54 Å². The van der Waals surface area contributed by atoms with Gasteiger partial charge in [0.25, 0.3) is 5.91 Å². The van der Waals surface area contributed by atoms with E-state index >= 15 is 0 Å². The predicted octanol–water partition coefficient (Wildman–Crippen LogP) is 4.75. The molecule has 2 aromatic rings. The van der Waals surface area contributed by atoms with Crippen molar-refractivity contribution in [3.63, 3.8) is 0 Å². The van der Waals surface area contributed by atoms with Gasteiger partial charge in [0.05, 0.1) is 6.54 Å². The summed E-state index contributed by atoms with van der Waals surface area (Å²) in [6, 6.07) is 16.4. The zero-order valence-electron chi connectivity index (χ0n) is 18.7. The van der Waals surface area contributed by atoms with Crippen molar-refractivity contribution in [3.05, 3.63) is 70.8 Å². The minimum absolute atomic E-state index is 0. The molecule has 2 N–H and O–H groups in total. The van der Waals surface area contributed by atoms with Gasteiger partial charge in [0.1, 0.15) is 0 Å². The highest BCUT2D eigenvalue weighted by molar-refractivity contribution is 14.0. The third-order valence-corrected chi connectivity index (χ3v) is 5.53. The van der Waals surface area contributed by atoms with Crippen LogP contribution < -0.4 is 10.6 Å². The topological polar surface area (TPSA) is 56.7 Å². The molecule has 0 saturated carbocycles. The van der Waals surface area contributed by atoms with Crippen LogP contribution in [0.3, 0.4) is 0 Å². The number of carbonyl (C=O) groups is 1. The van der Waals surface area contributed by atoms with Crippen molar-refractivity contribution in [2.75, 3.05) is 19.6 Å². The molecule has 31 heavy (non-hydrogen) atoms. The number of hydrogen-bond acceptors (Lipinski definition) is 2. The Bertz CT molecular complexity index is 862. The van der Waals surface area contributed by atoms with E-state index in [1.807, 2.05) is 29.2 Å². The number of rotatable bonds is 7. The summed E-state index contributed by atoms with van der Waals surface area (Å²) in [5, 5.41) is 6.75. The fourth-order valence-corrected chi connectivity index (χ4v) is 3.85. The molecule has 0 aromatic heterocycles. The molecular formula is C25H35IN4O. The molecule has 0 radical (unpaired) electrons. The number of aryl methyl sites for hydroxylation is 1. The van der Waals surface area contributed by atoms with E-state index in [-0.39, 0.29) is 29.9 Å². The highest BCUT2D eigenvalue weighted by atomic mass is 127. The lowest BCUT2D eigenvalue weighted by Crippen LogP contribution is -2.37. The Balaban J connectivity index is 0.00000341. The molecule has 1 aliphatic rings. The van der Waals surface area contributed by atoms with Gasteiger partial charge in [-0.05, 0) is 61.4 Å². The Morgan fingerprint density at radius 3 is 2.42 bits per heavy atom. The quantitative estimate of drug-likeness (QED) is 0.307. The Hall–Kier alpha value is -2.09. The molecule has 168 valence electrons. The summed E-state index contributed by atoms with van der Waals surface area (Å²) in [5.41, 5.74) is 4.45. The minimum Gasteiger partial charge on any atom is -0.357 e. The van der Waals surface area contributed by atoms with Crippen molar-refractivity contribution >= 4 is 35.8 Å². The number of nitrogens with zero attached hydrogens (tertiary/aromatic N) is 2. The third kappa shape index (κ3) is 7.52. The van der Waals surface area contributed by atoms with Gasteiger partial charge < -0.3 is 15.5 Å². The van der Waals surface area contributed by atoms with Crippen LogP contribution in [0, 0.1) is 0 Å². The van der Waals surface area contributed by atoms with E-state index in [9.17, 15) is 4.79 Å². The van der Waals surface area contributed by atoms with Gasteiger partial charge in [-0.15, -0.1) is 24.0 Å². The first-order valence-electron chi connectivity index (χ1n) is 11.2. The number of carbonyl (C=O) groups excluding carboxylic acids is 1. The van der Waals surface area contributed by atoms with Crippen molar-refractivity contribution in [1.29, 1.82) is 0 Å². The number of guanidine groups is 1. The number of halogens is 1. The fraction of sp³-hybridized carbons (Fsp3) is 0.440. The molecule has 0 atom stereocenters. The second kappa shape index (κ2) is 13.3. The van der Waals surface area contributed by atoms with Gasteiger partial charge in [-0.2, -0.15) is 0 Å². The smallest absolute Gasteiger partial charge is 0.253 e. The van der Waals surface area contributed by atoms with Crippen LogP contribution in [0.2, 0.25) is 0 Å². The maximum atomic E-state index is 12.8. The Morgan fingerprint density at radius 1 is 0.968 bits per heavy atom.